The van der Waals surface area contributed by atoms with Crippen LogP contribution < -0.4 is 20.7 Å². The largest absolute Gasteiger partial charge is 0.506 e. The van der Waals surface area contributed by atoms with Crippen molar-refractivity contribution in [3.8, 4) is 11.5 Å². The van der Waals surface area contributed by atoms with Crippen molar-refractivity contribution in [2.75, 3.05) is 50.1 Å². The van der Waals surface area contributed by atoms with Gasteiger partial charge in [0.2, 0.25) is 0 Å². The van der Waals surface area contributed by atoms with E-state index in [2.05, 4.69) is 27.2 Å². The number of methoxy groups -OCH3 is 1. The lowest BCUT2D eigenvalue weighted by molar-refractivity contribution is 0.251. The Hall–Kier alpha value is -2.93. The Morgan fingerprint density at radius 1 is 1.10 bits per heavy atom. The maximum Gasteiger partial charge on any atom is 0.316 e. The van der Waals surface area contributed by atoms with Crippen molar-refractivity contribution in [1.82, 2.24) is 4.90 Å². The number of benzene rings is 2. The minimum absolute atomic E-state index is 0.0322. The van der Waals surface area contributed by atoms with E-state index in [-0.39, 0.29) is 5.75 Å². The van der Waals surface area contributed by atoms with Crippen LogP contribution in [0.2, 0.25) is 0 Å². The number of phenols is 1. The molecule has 0 aromatic heterocycles. The number of rotatable bonds is 9. The zero-order valence-electron chi connectivity index (χ0n) is 17.6. The van der Waals surface area contributed by atoms with Gasteiger partial charge in [0.15, 0.2) is 0 Å². The molecule has 0 bridgehead atoms. The van der Waals surface area contributed by atoms with Crippen LogP contribution in [-0.4, -0.2) is 55.9 Å². The van der Waals surface area contributed by atoms with E-state index in [4.69, 9.17) is 10.5 Å². The number of hydrogen-bond donors (Lipinski definition) is 3. The molecule has 2 aromatic carbocycles. The topological polar surface area (TPSA) is 91.1 Å². The lowest BCUT2D eigenvalue weighted by Crippen LogP contribution is -2.46. The van der Waals surface area contributed by atoms with E-state index >= 15 is 0 Å². The molecular weight excluding hydrogens is 380 g/mol. The summed E-state index contributed by atoms with van der Waals surface area (Å²) in [4.78, 5) is 15.9. The highest BCUT2D eigenvalue weighted by molar-refractivity contribution is 5.89. The number of anilines is 2. The van der Waals surface area contributed by atoms with Gasteiger partial charge < -0.3 is 25.8 Å². The second-order valence-corrected chi connectivity index (χ2v) is 7.65. The Labute approximate surface area is 178 Å². The number of phenolic OH excluding ortho intramolecular Hbond substituents is 1. The summed E-state index contributed by atoms with van der Waals surface area (Å²) in [5, 5.41) is 12.2. The fourth-order valence-corrected chi connectivity index (χ4v) is 3.92. The molecule has 0 aliphatic carbocycles. The first-order chi connectivity index (χ1) is 14.6. The number of primary amides is 1. The quantitative estimate of drug-likeness (QED) is 0.434. The zero-order chi connectivity index (χ0) is 21.3. The number of piperazine rings is 1. The van der Waals surface area contributed by atoms with Crippen LogP contribution >= 0.6 is 0 Å². The molecular formula is C23H32N4O3. The molecule has 1 fully saturated rings. The lowest BCUT2D eigenvalue weighted by Gasteiger charge is -2.36. The van der Waals surface area contributed by atoms with E-state index in [0.29, 0.717) is 5.69 Å². The van der Waals surface area contributed by atoms with Crippen molar-refractivity contribution in [3.63, 3.8) is 0 Å². The van der Waals surface area contributed by atoms with E-state index in [1.165, 1.54) is 12.1 Å². The molecule has 3 rings (SSSR count). The van der Waals surface area contributed by atoms with E-state index < -0.39 is 6.03 Å². The van der Waals surface area contributed by atoms with Gasteiger partial charge >= 0.3 is 6.03 Å². The van der Waals surface area contributed by atoms with Crippen LogP contribution in [0.1, 0.15) is 24.8 Å². The fourth-order valence-electron chi connectivity index (χ4n) is 3.92. The summed E-state index contributed by atoms with van der Waals surface area (Å²) in [6.45, 7) is 5.28. The maximum absolute atomic E-state index is 11.0. The predicted octanol–water partition coefficient (Wildman–Crippen LogP) is 3.43. The van der Waals surface area contributed by atoms with Gasteiger partial charge in [0, 0.05) is 26.2 Å². The maximum atomic E-state index is 11.0. The Kier molecular flexibility index (Phi) is 7.79. The second kappa shape index (κ2) is 10.7. The number of carbonyl (C=O) groups is 1. The number of amides is 2. The highest BCUT2D eigenvalue weighted by Gasteiger charge is 2.19. The van der Waals surface area contributed by atoms with Crippen LogP contribution in [0, 0.1) is 0 Å². The summed E-state index contributed by atoms with van der Waals surface area (Å²) in [5.74, 6) is 0.971. The summed E-state index contributed by atoms with van der Waals surface area (Å²) in [6, 6.07) is 12.8. The first-order valence-corrected chi connectivity index (χ1v) is 10.6. The molecule has 0 unspecified atom stereocenters. The molecule has 2 aromatic rings. The zero-order valence-corrected chi connectivity index (χ0v) is 17.6. The van der Waals surface area contributed by atoms with Gasteiger partial charge in [-0.1, -0.05) is 24.6 Å². The number of nitrogens with two attached hydrogens (primary N) is 1. The summed E-state index contributed by atoms with van der Waals surface area (Å²) in [5.41, 5.74) is 7.77. The van der Waals surface area contributed by atoms with Crippen LogP contribution in [-0.2, 0) is 6.42 Å². The third-order valence-electron chi connectivity index (χ3n) is 5.56. The average Bonchev–Trinajstić information content (AvgIpc) is 2.76. The van der Waals surface area contributed by atoms with Gasteiger partial charge in [-0.05, 0) is 55.6 Å². The number of nitrogens with one attached hydrogen (secondary N) is 1. The van der Waals surface area contributed by atoms with Crippen molar-refractivity contribution >= 4 is 17.4 Å². The molecule has 30 heavy (non-hydrogen) atoms. The fraction of sp³-hybridized carbons (Fsp3) is 0.435. The first kappa shape index (κ1) is 21.8. The van der Waals surface area contributed by atoms with Crippen molar-refractivity contribution in [1.29, 1.82) is 0 Å². The van der Waals surface area contributed by atoms with Crippen LogP contribution in [0.5, 0.6) is 11.5 Å². The van der Waals surface area contributed by atoms with Gasteiger partial charge in [-0.15, -0.1) is 0 Å². The Morgan fingerprint density at radius 3 is 2.60 bits per heavy atom. The predicted molar refractivity (Wildman–Crippen MR) is 121 cm³/mol. The standard InChI is InChI=1S/C23H32N4O3/c1-30-22-9-5-4-8-20(22)27-15-13-26(14-16-27)12-6-2-3-7-18-10-11-21(28)19(17-18)25-23(24)29/h4-5,8-11,17,28H,2-3,6-7,12-16H2,1H3,(H3,24,25,29). The third kappa shape index (κ3) is 6.03. The summed E-state index contributed by atoms with van der Waals surface area (Å²) in [6.07, 6.45) is 4.29. The molecule has 1 aliphatic rings. The molecule has 0 saturated carbocycles. The van der Waals surface area contributed by atoms with E-state index in [1.807, 2.05) is 18.2 Å². The molecule has 0 spiro atoms. The molecule has 1 heterocycles. The van der Waals surface area contributed by atoms with Crippen molar-refractivity contribution < 1.29 is 14.6 Å². The summed E-state index contributed by atoms with van der Waals surface area (Å²) >= 11 is 0. The van der Waals surface area contributed by atoms with Crippen LogP contribution in [0.3, 0.4) is 0 Å². The minimum atomic E-state index is -0.673. The number of hydrogen-bond acceptors (Lipinski definition) is 5. The summed E-state index contributed by atoms with van der Waals surface area (Å²) < 4.78 is 5.49. The molecule has 0 atom stereocenters. The number of carbonyl (C=O) groups excluding carboxylic acids is 1. The van der Waals surface area contributed by atoms with Gasteiger partial charge in [-0.3, -0.25) is 4.90 Å². The molecule has 7 nitrogen and oxygen atoms in total. The SMILES string of the molecule is COc1ccccc1N1CCN(CCCCCc2ccc(O)c(NC(N)=O)c2)CC1. The Balaban J connectivity index is 1.36. The highest BCUT2D eigenvalue weighted by atomic mass is 16.5. The van der Waals surface area contributed by atoms with Gasteiger partial charge in [-0.25, -0.2) is 4.79 Å². The third-order valence-corrected chi connectivity index (χ3v) is 5.56. The number of urea groups is 1. The van der Waals surface area contributed by atoms with E-state index in [9.17, 15) is 9.90 Å². The molecule has 0 radical (unpaired) electrons. The highest BCUT2D eigenvalue weighted by Crippen LogP contribution is 2.28. The van der Waals surface area contributed by atoms with Gasteiger partial charge in [0.05, 0.1) is 18.5 Å². The molecule has 162 valence electrons. The van der Waals surface area contributed by atoms with Gasteiger partial charge in [0.25, 0.3) is 0 Å². The monoisotopic (exact) mass is 412 g/mol. The lowest BCUT2D eigenvalue weighted by atomic mass is 10.1. The first-order valence-electron chi connectivity index (χ1n) is 10.6. The normalized spacial score (nSPS) is 14.5. The number of nitrogens with zero attached hydrogens (tertiary/aromatic N) is 2. The smallest absolute Gasteiger partial charge is 0.316 e. The molecule has 1 aliphatic heterocycles. The van der Waals surface area contributed by atoms with Gasteiger partial charge in [-0.2, -0.15) is 0 Å². The molecule has 7 heteroatoms. The Morgan fingerprint density at radius 2 is 1.87 bits per heavy atom. The molecule has 1 saturated heterocycles. The van der Waals surface area contributed by atoms with E-state index in [0.717, 1.165) is 63.3 Å². The second-order valence-electron chi connectivity index (χ2n) is 7.65. The molecule has 2 amide bonds. The molecule has 4 N–H and O–H groups in total. The van der Waals surface area contributed by atoms with Gasteiger partial charge in [0.1, 0.15) is 11.5 Å². The van der Waals surface area contributed by atoms with Crippen molar-refractivity contribution in [3.05, 3.63) is 48.0 Å². The van der Waals surface area contributed by atoms with Crippen molar-refractivity contribution in [2.45, 2.75) is 25.7 Å². The van der Waals surface area contributed by atoms with Crippen LogP contribution in [0.25, 0.3) is 0 Å². The van der Waals surface area contributed by atoms with Crippen LogP contribution in [0.15, 0.2) is 42.5 Å². The summed E-state index contributed by atoms with van der Waals surface area (Å²) in [7, 11) is 1.72. The number of aryl methyl sites for hydroxylation is 1. The van der Waals surface area contributed by atoms with E-state index in [1.54, 1.807) is 19.2 Å². The van der Waals surface area contributed by atoms with Crippen molar-refractivity contribution in [2.24, 2.45) is 5.73 Å². The number of para-hydroxylation sites is 2. The number of ether oxygens (including phenoxy) is 1. The average molecular weight is 413 g/mol. The number of unbranched alkanes of at least 4 members (excludes halogenated alkanes) is 2. The number of aromatic hydroxyl groups is 1. The van der Waals surface area contributed by atoms with Crippen LogP contribution in [0.4, 0.5) is 16.2 Å². The Bertz CT molecular complexity index is 835. The minimum Gasteiger partial charge on any atom is -0.506 e.